The lowest BCUT2D eigenvalue weighted by Gasteiger charge is -2.04. The minimum Gasteiger partial charge on any atom is -0.495 e. The molecule has 0 aromatic heterocycles. The molecule has 0 N–H and O–H groups in total. The Kier molecular flexibility index (Phi) is 4.77. The van der Waals surface area contributed by atoms with E-state index in [0.29, 0.717) is 23.5 Å². The number of carbonyl (C=O) groups excluding carboxylic acids is 1. The van der Waals surface area contributed by atoms with Crippen LogP contribution in [0.5, 0.6) is 5.75 Å². The fraction of sp³-hybridized carbons (Fsp3) is 0.231. The van der Waals surface area contributed by atoms with Crippen molar-refractivity contribution in [3.05, 3.63) is 35.4 Å². The molecule has 1 aromatic rings. The van der Waals surface area contributed by atoms with Crippen LogP contribution in [0.25, 0.3) is 6.08 Å². The summed E-state index contributed by atoms with van der Waals surface area (Å²) in [6.07, 6.45) is 2.83. The van der Waals surface area contributed by atoms with Crippen LogP contribution in [0.2, 0.25) is 0 Å². The number of ether oxygens (including phenoxy) is 2. The van der Waals surface area contributed by atoms with E-state index in [1.54, 1.807) is 31.2 Å². The van der Waals surface area contributed by atoms with Crippen LogP contribution in [0.1, 0.15) is 18.1 Å². The maximum atomic E-state index is 11.1. The zero-order valence-electron chi connectivity index (χ0n) is 9.77. The molecule has 0 saturated heterocycles. The van der Waals surface area contributed by atoms with Gasteiger partial charge in [0.2, 0.25) is 0 Å². The molecule has 0 unspecified atom stereocenters. The average molecular weight is 231 g/mol. The Morgan fingerprint density at radius 2 is 2.29 bits per heavy atom. The first-order chi connectivity index (χ1) is 8.22. The van der Waals surface area contributed by atoms with E-state index in [2.05, 4.69) is 0 Å². The average Bonchev–Trinajstić information content (AvgIpc) is 2.36. The zero-order chi connectivity index (χ0) is 12.7. The smallest absolute Gasteiger partial charge is 0.330 e. The first-order valence-electron chi connectivity index (χ1n) is 5.14. The molecule has 1 aromatic carbocycles. The van der Waals surface area contributed by atoms with Gasteiger partial charge in [-0.2, -0.15) is 5.26 Å². The number of nitriles is 1. The lowest BCUT2D eigenvalue weighted by atomic mass is 10.1. The van der Waals surface area contributed by atoms with Crippen molar-refractivity contribution in [2.45, 2.75) is 6.92 Å². The normalized spacial score (nSPS) is 9.94. The molecule has 0 bridgehead atoms. The van der Waals surface area contributed by atoms with E-state index in [1.807, 2.05) is 6.07 Å². The van der Waals surface area contributed by atoms with E-state index < -0.39 is 5.97 Å². The predicted molar refractivity (Wildman–Crippen MR) is 63.4 cm³/mol. The summed E-state index contributed by atoms with van der Waals surface area (Å²) in [6.45, 7) is 2.06. The fourth-order valence-corrected chi connectivity index (χ4v) is 1.32. The number of benzene rings is 1. The Bertz CT molecular complexity index is 472. The van der Waals surface area contributed by atoms with Gasteiger partial charge in [-0.25, -0.2) is 4.79 Å². The van der Waals surface area contributed by atoms with Crippen LogP contribution < -0.4 is 4.74 Å². The summed E-state index contributed by atoms with van der Waals surface area (Å²) >= 11 is 0. The van der Waals surface area contributed by atoms with Gasteiger partial charge in [-0.05, 0) is 24.6 Å². The highest BCUT2D eigenvalue weighted by molar-refractivity contribution is 5.87. The summed E-state index contributed by atoms with van der Waals surface area (Å²) in [5.74, 6) is 0.0534. The first kappa shape index (κ1) is 12.8. The van der Waals surface area contributed by atoms with Crippen LogP contribution in [-0.4, -0.2) is 19.7 Å². The maximum absolute atomic E-state index is 11.1. The molecule has 0 fully saturated rings. The molecule has 1 rings (SSSR count). The van der Waals surface area contributed by atoms with Crippen LogP contribution in [0.4, 0.5) is 0 Å². The second-order valence-corrected chi connectivity index (χ2v) is 3.12. The Balaban J connectivity index is 2.99. The maximum Gasteiger partial charge on any atom is 0.330 e. The third-order valence-electron chi connectivity index (χ3n) is 2.08. The predicted octanol–water partition coefficient (Wildman–Crippen LogP) is 2.14. The van der Waals surface area contributed by atoms with E-state index in [4.69, 9.17) is 14.7 Å². The van der Waals surface area contributed by atoms with Crippen molar-refractivity contribution in [3.63, 3.8) is 0 Å². The number of nitrogens with zero attached hydrogens (tertiary/aromatic N) is 1. The monoisotopic (exact) mass is 231 g/mol. The molecule has 0 saturated carbocycles. The lowest BCUT2D eigenvalue weighted by molar-refractivity contribution is -0.137. The Hall–Kier alpha value is -2.28. The van der Waals surface area contributed by atoms with Gasteiger partial charge in [0.15, 0.2) is 0 Å². The van der Waals surface area contributed by atoms with Crippen LogP contribution in [-0.2, 0) is 9.53 Å². The van der Waals surface area contributed by atoms with Crippen molar-refractivity contribution in [2.75, 3.05) is 13.7 Å². The van der Waals surface area contributed by atoms with Crippen LogP contribution in [0.3, 0.4) is 0 Å². The highest BCUT2D eigenvalue weighted by Crippen LogP contribution is 2.22. The van der Waals surface area contributed by atoms with Gasteiger partial charge in [-0.3, -0.25) is 0 Å². The van der Waals surface area contributed by atoms with Gasteiger partial charge in [0.05, 0.1) is 13.7 Å². The second-order valence-electron chi connectivity index (χ2n) is 3.12. The Morgan fingerprint density at radius 1 is 1.53 bits per heavy atom. The largest absolute Gasteiger partial charge is 0.495 e. The van der Waals surface area contributed by atoms with Crippen molar-refractivity contribution < 1.29 is 14.3 Å². The van der Waals surface area contributed by atoms with Gasteiger partial charge in [-0.1, -0.05) is 12.1 Å². The topological polar surface area (TPSA) is 59.3 Å². The van der Waals surface area contributed by atoms with Crippen molar-refractivity contribution in [3.8, 4) is 11.8 Å². The van der Waals surface area contributed by atoms with Gasteiger partial charge in [-0.15, -0.1) is 0 Å². The van der Waals surface area contributed by atoms with Crippen molar-refractivity contribution in [1.29, 1.82) is 5.26 Å². The summed E-state index contributed by atoms with van der Waals surface area (Å²) in [4.78, 5) is 11.1. The summed E-state index contributed by atoms with van der Waals surface area (Å²) in [5, 5.41) is 9.02. The van der Waals surface area contributed by atoms with Gasteiger partial charge in [0.1, 0.15) is 17.4 Å². The van der Waals surface area contributed by atoms with E-state index >= 15 is 0 Å². The van der Waals surface area contributed by atoms with E-state index in [1.165, 1.54) is 13.2 Å². The Morgan fingerprint density at radius 3 is 2.88 bits per heavy atom. The minimum atomic E-state index is -0.431. The summed E-state index contributed by atoms with van der Waals surface area (Å²) in [6, 6.07) is 7.22. The number of carbonyl (C=O) groups is 1. The molecule has 0 aliphatic heterocycles. The van der Waals surface area contributed by atoms with E-state index in [-0.39, 0.29) is 0 Å². The summed E-state index contributed by atoms with van der Waals surface area (Å²) in [5.41, 5.74) is 1.02. The van der Waals surface area contributed by atoms with Gasteiger partial charge < -0.3 is 9.47 Å². The quantitative estimate of drug-likeness (QED) is 0.588. The molecule has 4 nitrogen and oxygen atoms in total. The first-order valence-corrected chi connectivity index (χ1v) is 5.14. The minimum absolute atomic E-state index is 0.326. The molecule has 4 heteroatoms. The van der Waals surface area contributed by atoms with Crippen LogP contribution in [0, 0.1) is 11.3 Å². The highest BCUT2D eigenvalue weighted by Gasteiger charge is 2.06. The summed E-state index contributed by atoms with van der Waals surface area (Å²) in [7, 11) is 1.50. The van der Waals surface area contributed by atoms with Crippen molar-refractivity contribution >= 4 is 12.0 Å². The molecule has 0 radical (unpaired) electrons. The molecule has 0 aliphatic rings. The molecular formula is C13H13NO3. The number of hydrogen-bond acceptors (Lipinski definition) is 4. The second kappa shape index (κ2) is 6.33. The molecule has 88 valence electrons. The van der Waals surface area contributed by atoms with E-state index in [9.17, 15) is 4.79 Å². The lowest BCUT2D eigenvalue weighted by Crippen LogP contribution is -1.99. The van der Waals surface area contributed by atoms with E-state index in [0.717, 1.165) is 0 Å². The molecule has 0 aliphatic carbocycles. The number of rotatable bonds is 4. The van der Waals surface area contributed by atoms with Gasteiger partial charge >= 0.3 is 5.97 Å². The summed E-state index contributed by atoms with van der Waals surface area (Å²) < 4.78 is 9.81. The number of methoxy groups -OCH3 is 1. The molecule has 0 spiro atoms. The number of esters is 1. The van der Waals surface area contributed by atoms with Crippen molar-refractivity contribution in [2.24, 2.45) is 0 Å². The molecular weight excluding hydrogens is 218 g/mol. The highest BCUT2D eigenvalue weighted by atomic mass is 16.5. The third-order valence-corrected chi connectivity index (χ3v) is 2.08. The van der Waals surface area contributed by atoms with Crippen LogP contribution >= 0.6 is 0 Å². The zero-order valence-corrected chi connectivity index (χ0v) is 9.77. The van der Waals surface area contributed by atoms with Gasteiger partial charge in [0.25, 0.3) is 0 Å². The fourth-order valence-electron chi connectivity index (χ4n) is 1.32. The Labute approximate surface area is 100 Å². The van der Waals surface area contributed by atoms with Gasteiger partial charge in [0, 0.05) is 6.08 Å². The SMILES string of the molecule is CCOC(=O)C=Cc1cccc(OC)c1C#N. The van der Waals surface area contributed by atoms with Crippen LogP contribution in [0.15, 0.2) is 24.3 Å². The van der Waals surface area contributed by atoms with Crippen molar-refractivity contribution in [1.82, 2.24) is 0 Å². The standard InChI is InChI=1S/C13H13NO3/c1-3-17-13(15)8-7-10-5-4-6-12(16-2)11(10)9-14/h4-8H,3H2,1-2H3. The molecule has 0 amide bonds. The molecule has 0 heterocycles. The number of hydrogen-bond donors (Lipinski definition) is 0. The molecule has 0 atom stereocenters. The molecule has 17 heavy (non-hydrogen) atoms. The third kappa shape index (κ3) is 3.35.